The first kappa shape index (κ1) is 18.5. The van der Waals surface area contributed by atoms with Crippen LogP contribution in [0.2, 0.25) is 0 Å². The van der Waals surface area contributed by atoms with E-state index < -0.39 is 0 Å². The van der Waals surface area contributed by atoms with Crippen LogP contribution in [0.4, 0.5) is 5.69 Å². The quantitative estimate of drug-likeness (QED) is 0.506. The predicted molar refractivity (Wildman–Crippen MR) is 109 cm³/mol. The van der Waals surface area contributed by atoms with Crippen molar-refractivity contribution in [1.82, 2.24) is 4.98 Å². The number of aromatic amines is 1. The SMILES string of the molecule is COc1ccc(C[C@@H](C)[NH2+][C@@H]2CCCc3c2[nH]c2ccc([N+](=O)[O-])cc32)cc1. The molecule has 1 aliphatic rings. The largest absolute Gasteiger partial charge is 0.497 e. The molecule has 0 spiro atoms. The highest BCUT2D eigenvalue weighted by Crippen LogP contribution is 2.34. The van der Waals surface area contributed by atoms with Crippen LogP contribution in [0.15, 0.2) is 42.5 Å². The molecule has 0 amide bonds. The van der Waals surface area contributed by atoms with Gasteiger partial charge in [-0.2, -0.15) is 0 Å². The van der Waals surface area contributed by atoms with Crippen molar-refractivity contribution in [2.75, 3.05) is 7.11 Å². The second kappa shape index (κ2) is 7.64. The van der Waals surface area contributed by atoms with E-state index in [1.54, 1.807) is 19.2 Å². The van der Waals surface area contributed by atoms with Gasteiger partial charge in [-0.1, -0.05) is 12.1 Å². The van der Waals surface area contributed by atoms with E-state index in [4.69, 9.17) is 4.74 Å². The number of nitrogens with one attached hydrogen (secondary N) is 1. The van der Waals surface area contributed by atoms with Crippen molar-refractivity contribution in [2.45, 2.75) is 44.7 Å². The van der Waals surface area contributed by atoms with Crippen molar-refractivity contribution in [1.29, 1.82) is 0 Å². The summed E-state index contributed by atoms with van der Waals surface area (Å²) >= 11 is 0. The number of ether oxygens (including phenoxy) is 1. The number of nitrogens with zero attached hydrogens (tertiary/aromatic N) is 1. The van der Waals surface area contributed by atoms with Crippen LogP contribution in [-0.2, 0) is 12.8 Å². The Balaban J connectivity index is 1.53. The zero-order valence-corrected chi connectivity index (χ0v) is 16.3. The molecule has 3 N–H and O–H groups in total. The molecule has 2 aromatic carbocycles. The van der Waals surface area contributed by atoms with Crippen LogP contribution >= 0.6 is 0 Å². The molecule has 4 rings (SSSR count). The first-order valence-corrected chi connectivity index (χ1v) is 9.82. The van der Waals surface area contributed by atoms with E-state index in [1.807, 2.05) is 18.2 Å². The summed E-state index contributed by atoms with van der Waals surface area (Å²) in [5, 5.41) is 14.6. The van der Waals surface area contributed by atoms with Crippen LogP contribution in [0.3, 0.4) is 0 Å². The summed E-state index contributed by atoms with van der Waals surface area (Å²) in [5.74, 6) is 0.879. The zero-order valence-electron chi connectivity index (χ0n) is 16.3. The molecule has 0 fully saturated rings. The first-order valence-electron chi connectivity index (χ1n) is 9.82. The molecule has 0 aliphatic heterocycles. The summed E-state index contributed by atoms with van der Waals surface area (Å²) in [6.45, 7) is 2.26. The third-order valence-corrected chi connectivity index (χ3v) is 5.72. The second-order valence-electron chi connectivity index (χ2n) is 7.72. The summed E-state index contributed by atoms with van der Waals surface area (Å²) in [6, 6.07) is 14.2. The average molecular weight is 380 g/mol. The minimum atomic E-state index is -0.317. The Labute approximate surface area is 164 Å². The monoisotopic (exact) mass is 380 g/mol. The molecule has 3 aromatic rings. The summed E-state index contributed by atoms with van der Waals surface area (Å²) < 4.78 is 5.23. The topological polar surface area (TPSA) is 84.8 Å². The van der Waals surface area contributed by atoms with Crippen molar-refractivity contribution in [3.63, 3.8) is 0 Å². The van der Waals surface area contributed by atoms with Gasteiger partial charge in [0.1, 0.15) is 11.8 Å². The van der Waals surface area contributed by atoms with Crippen molar-refractivity contribution in [3.8, 4) is 5.75 Å². The lowest BCUT2D eigenvalue weighted by molar-refractivity contribution is -0.726. The van der Waals surface area contributed by atoms with Crippen molar-refractivity contribution >= 4 is 16.6 Å². The molecule has 28 heavy (non-hydrogen) atoms. The number of hydrogen-bond acceptors (Lipinski definition) is 3. The van der Waals surface area contributed by atoms with E-state index in [9.17, 15) is 10.1 Å². The van der Waals surface area contributed by atoms with Crippen LogP contribution < -0.4 is 10.1 Å². The Morgan fingerprint density at radius 1 is 1.29 bits per heavy atom. The lowest BCUT2D eigenvalue weighted by Gasteiger charge is -2.24. The van der Waals surface area contributed by atoms with Gasteiger partial charge in [0.2, 0.25) is 0 Å². The molecule has 0 radical (unpaired) electrons. The van der Waals surface area contributed by atoms with Gasteiger partial charge in [0.15, 0.2) is 0 Å². The number of hydrogen-bond donors (Lipinski definition) is 2. The molecular weight excluding hydrogens is 354 g/mol. The second-order valence-corrected chi connectivity index (χ2v) is 7.72. The van der Waals surface area contributed by atoms with Gasteiger partial charge in [-0.25, -0.2) is 0 Å². The molecule has 6 heteroatoms. The number of nitrogens with two attached hydrogens (primary N) is 1. The molecule has 6 nitrogen and oxygen atoms in total. The minimum absolute atomic E-state index is 0.160. The molecule has 2 atom stereocenters. The molecule has 1 aromatic heterocycles. The number of non-ortho nitro benzene ring substituents is 1. The maximum Gasteiger partial charge on any atom is 0.270 e. The van der Waals surface area contributed by atoms with Gasteiger partial charge in [0.05, 0.1) is 23.8 Å². The van der Waals surface area contributed by atoms with Crippen LogP contribution in [0.5, 0.6) is 5.75 Å². The zero-order chi connectivity index (χ0) is 19.7. The summed E-state index contributed by atoms with van der Waals surface area (Å²) in [4.78, 5) is 14.4. The molecular formula is C22H26N3O3+. The van der Waals surface area contributed by atoms with Crippen LogP contribution in [0, 0.1) is 10.1 Å². The highest BCUT2D eigenvalue weighted by atomic mass is 16.6. The fourth-order valence-electron chi connectivity index (χ4n) is 4.39. The van der Waals surface area contributed by atoms with E-state index in [-0.39, 0.29) is 10.6 Å². The lowest BCUT2D eigenvalue weighted by Crippen LogP contribution is -2.90. The number of rotatable bonds is 6. The molecule has 1 heterocycles. The Kier molecular flexibility index (Phi) is 5.05. The van der Waals surface area contributed by atoms with E-state index in [0.29, 0.717) is 12.1 Å². The third kappa shape index (κ3) is 3.60. The number of methoxy groups -OCH3 is 1. The van der Waals surface area contributed by atoms with Crippen molar-refractivity contribution < 1.29 is 15.0 Å². The van der Waals surface area contributed by atoms with E-state index in [2.05, 4.69) is 29.4 Å². The number of aromatic nitrogens is 1. The number of H-pyrrole nitrogens is 1. The average Bonchev–Trinajstić information content (AvgIpc) is 3.07. The normalized spacial score (nSPS) is 17.3. The molecule has 0 bridgehead atoms. The van der Waals surface area contributed by atoms with E-state index >= 15 is 0 Å². The highest BCUT2D eigenvalue weighted by Gasteiger charge is 2.28. The summed E-state index contributed by atoms with van der Waals surface area (Å²) in [5.41, 5.74) is 4.95. The molecule has 0 unspecified atom stereocenters. The third-order valence-electron chi connectivity index (χ3n) is 5.72. The number of quaternary nitrogens is 1. The predicted octanol–water partition coefficient (Wildman–Crippen LogP) is 3.66. The van der Waals surface area contributed by atoms with Crippen LogP contribution in [-0.4, -0.2) is 23.1 Å². The van der Waals surface area contributed by atoms with Gasteiger partial charge in [0.25, 0.3) is 5.69 Å². The fourth-order valence-corrected chi connectivity index (χ4v) is 4.39. The minimum Gasteiger partial charge on any atom is -0.497 e. The molecule has 146 valence electrons. The standard InChI is InChI=1S/C22H25N3O3/c1-14(12-15-6-9-17(28-2)10-7-15)23-21-5-3-4-18-19-13-16(25(26)27)8-11-20(19)24-22(18)21/h6-11,13-14,21,23-24H,3-5,12H2,1-2H3/p+1/t14-,21-/m1/s1. The highest BCUT2D eigenvalue weighted by molar-refractivity contribution is 5.87. The number of fused-ring (bicyclic) bond motifs is 3. The Bertz CT molecular complexity index is 994. The number of nitro benzene ring substituents is 1. The van der Waals surface area contributed by atoms with Gasteiger partial charge in [-0.3, -0.25) is 10.1 Å². The van der Waals surface area contributed by atoms with Gasteiger partial charge in [-0.05, 0) is 49.1 Å². The van der Waals surface area contributed by atoms with Crippen LogP contribution in [0.1, 0.15) is 42.6 Å². The number of benzene rings is 2. The summed E-state index contributed by atoms with van der Waals surface area (Å²) in [6.07, 6.45) is 4.20. The summed E-state index contributed by atoms with van der Waals surface area (Å²) in [7, 11) is 1.68. The Hall–Kier alpha value is -2.86. The Morgan fingerprint density at radius 3 is 2.79 bits per heavy atom. The smallest absolute Gasteiger partial charge is 0.270 e. The van der Waals surface area contributed by atoms with Gasteiger partial charge < -0.3 is 15.0 Å². The number of nitro groups is 1. The maximum absolute atomic E-state index is 11.1. The van der Waals surface area contributed by atoms with Crippen molar-refractivity contribution in [2.24, 2.45) is 0 Å². The van der Waals surface area contributed by atoms with E-state index in [1.165, 1.54) is 16.8 Å². The van der Waals surface area contributed by atoms with Crippen molar-refractivity contribution in [3.05, 3.63) is 69.4 Å². The van der Waals surface area contributed by atoms with E-state index in [0.717, 1.165) is 42.3 Å². The van der Waals surface area contributed by atoms with Crippen LogP contribution in [0.25, 0.3) is 10.9 Å². The lowest BCUT2D eigenvalue weighted by atomic mass is 9.91. The number of aryl methyl sites for hydroxylation is 1. The molecule has 0 saturated heterocycles. The van der Waals surface area contributed by atoms with Gasteiger partial charge >= 0.3 is 0 Å². The maximum atomic E-state index is 11.1. The first-order chi connectivity index (χ1) is 13.5. The van der Waals surface area contributed by atoms with Gasteiger partial charge in [-0.15, -0.1) is 0 Å². The fraction of sp³-hybridized carbons (Fsp3) is 0.364. The molecule has 1 aliphatic carbocycles. The molecule has 0 saturated carbocycles. The van der Waals surface area contributed by atoms with Gasteiger partial charge in [0, 0.05) is 35.9 Å². The Morgan fingerprint density at radius 2 is 2.07 bits per heavy atom.